The molecule has 7 heteroatoms. The molecule has 0 aliphatic rings. The van der Waals surface area contributed by atoms with E-state index in [0.29, 0.717) is 29.0 Å². The Kier molecular flexibility index (Phi) is 4.44. The molecule has 1 aromatic carbocycles. The average molecular weight is 284 g/mol. The Hall–Kier alpha value is -1.53. The molecule has 5 nitrogen and oxygen atoms in total. The van der Waals surface area contributed by atoms with Crippen molar-refractivity contribution in [2.45, 2.75) is 20.4 Å². The molecule has 0 bridgehead atoms. The van der Waals surface area contributed by atoms with E-state index >= 15 is 0 Å². The zero-order chi connectivity index (χ0) is 13.8. The maximum Gasteiger partial charge on any atom is 0.170 e. The minimum Gasteiger partial charge on any atom is -0.310 e. The smallest absolute Gasteiger partial charge is 0.170 e. The maximum atomic E-state index is 13.3. The zero-order valence-electron chi connectivity index (χ0n) is 10.8. The summed E-state index contributed by atoms with van der Waals surface area (Å²) in [5.41, 5.74) is 0.438. The average Bonchev–Trinajstić information content (AvgIpc) is 2.80. The summed E-state index contributed by atoms with van der Waals surface area (Å²) in [6.45, 7) is 5.57. The molecular formula is C12H15ClFN5. The van der Waals surface area contributed by atoms with Crippen LogP contribution in [0, 0.1) is 11.7 Å². The number of nitrogens with one attached hydrogen (secondary N) is 1. The first-order chi connectivity index (χ1) is 9.08. The summed E-state index contributed by atoms with van der Waals surface area (Å²) in [6.07, 6.45) is 0. The van der Waals surface area contributed by atoms with Crippen LogP contribution >= 0.6 is 11.6 Å². The van der Waals surface area contributed by atoms with Crippen LogP contribution in [0.1, 0.15) is 19.7 Å². The lowest BCUT2D eigenvalue weighted by Gasteiger charge is -2.09. The number of nitrogens with zero attached hydrogens (tertiary/aromatic N) is 4. The summed E-state index contributed by atoms with van der Waals surface area (Å²) in [6, 6.07) is 4.09. The second-order valence-corrected chi connectivity index (χ2v) is 5.03. The lowest BCUT2D eigenvalue weighted by atomic mass is 10.2. The Morgan fingerprint density at radius 1 is 1.42 bits per heavy atom. The standard InChI is InChI=1S/C12H15ClFN5/c1-8(2)6-15-7-12-16-17-18-19(12)11-5-9(14)3-4-10(11)13/h3-5,8,15H,6-7H2,1-2H3. The van der Waals surface area contributed by atoms with Crippen molar-refractivity contribution in [1.29, 1.82) is 0 Å². The predicted octanol–water partition coefficient (Wildman–Crippen LogP) is 2.20. The predicted molar refractivity (Wildman–Crippen MR) is 70.7 cm³/mol. The van der Waals surface area contributed by atoms with Crippen LogP contribution in [0.25, 0.3) is 5.69 Å². The number of rotatable bonds is 5. The monoisotopic (exact) mass is 283 g/mol. The Balaban J connectivity index is 2.21. The summed E-state index contributed by atoms with van der Waals surface area (Å²) in [5.74, 6) is 0.742. The van der Waals surface area contributed by atoms with Crippen LogP contribution in [0.4, 0.5) is 4.39 Å². The van der Waals surface area contributed by atoms with E-state index in [-0.39, 0.29) is 5.82 Å². The van der Waals surface area contributed by atoms with Gasteiger partial charge in [0, 0.05) is 6.07 Å². The molecule has 0 radical (unpaired) electrons. The van der Waals surface area contributed by atoms with E-state index in [2.05, 4.69) is 34.7 Å². The molecule has 0 saturated carbocycles. The van der Waals surface area contributed by atoms with E-state index in [1.54, 1.807) is 0 Å². The van der Waals surface area contributed by atoms with E-state index in [1.807, 2.05) is 0 Å². The molecule has 0 unspecified atom stereocenters. The SMILES string of the molecule is CC(C)CNCc1nnnn1-c1cc(F)ccc1Cl. The van der Waals surface area contributed by atoms with Gasteiger partial charge in [0.1, 0.15) is 5.82 Å². The van der Waals surface area contributed by atoms with Gasteiger partial charge in [0.2, 0.25) is 0 Å². The third kappa shape index (κ3) is 3.48. The lowest BCUT2D eigenvalue weighted by Crippen LogP contribution is -2.21. The summed E-state index contributed by atoms with van der Waals surface area (Å²) in [7, 11) is 0. The number of aromatic nitrogens is 4. The van der Waals surface area contributed by atoms with Gasteiger partial charge in [-0.3, -0.25) is 0 Å². The van der Waals surface area contributed by atoms with Crippen molar-refractivity contribution >= 4 is 11.6 Å². The number of tetrazole rings is 1. The van der Waals surface area contributed by atoms with Gasteiger partial charge in [-0.2, -0.15) is 4.68 Å². The quantitative estimate of drug-likeness (QED) is 0.914. The highest BCUT2D eigenvalue weighted by Crippen LogP contribution is 2.21. The van der Waals surface area contributed by atoms with Crippen molar-refractivity contribution in [1.82, 2.24) is 25.5 Å². The van der Waals surface area contributed by atoms with Gasteiger partial charge in [0.15, 0.2) is 5.82 Å². The van der Waals surface area contributed by atoms with Gasteiger partial charge < -0.3 is 5.32 Å². The Labute approximate surface area is 115 Å². The van der Waals surface area contributed by atoms with Crippen molar-refractivity contribution in [3.05, 3.63) is 34.9 Å². The number of halogens is 2. The van der Waals surface area contributed by atoms with Gasteiger partial charge in [-0.05, 0) is 35.0 Å². The second-order valence-electron chi connectivity index (χ2n) is 4.63. The zero-order valence-corrected chi connectivity index (χ0v) is 11.5. The van der Waals surface area contributed by atoms with Gasteiger partial charge in [-0.25, -0.2) is 4.39 Å². The minimum absolute atomic E-state index is 0.379. The fourth-order valence-electron chi connectivity index (χ4n) is 1.62. The molecular weight excluding hydrogens is 269 g/mol. The highest BCUT2D eigenvalue weighted by atomic mass is 35.5. The van der Waals surface area contributed by atoms with E-state index in [1.165, 1.54) is 22.9 Å². The van der Waals surface area contributed by atoms with Gasteiger partial charge >= 0.3 is 0 Å². The van der Waals surface area contributed by atoms with Gasteiger partial charge in [-0.1, -0.05) is 25.4 Å². The fourth-order valence-corrected chi connectivity index (χ4v) is 1.82. The summed E-state index contributed by atoms with van der Waals surface area (Å²) < 4.78 is 14.7. The third-order valence-corrected chi connectivity index (χ3v) is 2.83. The molecule has 2 aromatic rings. The summed E-state index contributed by atoms with van der Waals surface area (Å²) >= 11 is 6.04. The van der Waals surface area contributed by atoms with Gasteiger partial charge in [-0.15, -0.1) is 5.10 Å². The molecule has 0 aliphatic heterocycles. The molecule has 0 amide bonds. The molecule has 1 aromatic heterocycles. The van der Waals surface area contributed by atoms with Crippen molar-refractivity contribution in [3.8, 4) is 5.69 Å². The molecule has 102 valence electrons. The van der Waals surface area contributed by atoms with Crippen LogP contribution in [0.15, 0.2) is 18.2 Å². The van der Waals surface area contributed by atoms with Gasteiger partial charge in [0.25, 0.3) is 0 Å². The molecule has 0 saturated heterocycles. The highest BCUT2D eigenvalue weighted by molar-refractivity contribution is 6.32. The van der Waals surface area contributed by atoms with Crippen LogP contribution < -0.4 is 5.32 Å². The first-order valence-electron chi connectivity index (χ1n) is 6.01. The van der Waals surface area contributed by atoms with Crippen molar-refractivity contribution < 1.29 is 4.39 Å². The van der Waals surface area contributed by atoms with Crippen LogP contribution in [0.5, 0.6) is 0 Å². The molecule has 0 aliphatic carbocycles. The molecule has 0 spiro atoms. The third-order valence-electron chi connectivity index (χ3n) is 2.51. The van der Waals surface area contributed by atoms with Crippen LogP contribution in [0.2, 0.25) is 5.02 Å². The molecule has 2 rings (SSSR count). The molecule has 1 N–H and O–H groups in total. The largest absolute Gasteiger partial charge is 0.310 e. The summed E-state index contributed by atoms with van der Waals surface area (Å²) in [4.78, 5) is 0. The van der Waals surface area contributed by atoms with Crippen LogP contribution in [-0.2, 0) is 6.54 Å². The Morgan fingerprint density at radius 3 is 2.95 bits per heavy atom. The Bertz CT molecular complexity index is 555. The van der Waals surface area contributed by atoms with Crippen molar-refractivity contribution in [3.63, 3.8) is 0 Å². The van der Waals surface area contributed by atoms with Crippen molar-refractivity contribution in [2.24, 2.45) is 5.92 Å². The Morgan fingerprint density at radius 2 is 2.21 bits per heavy atom. The highest BCUT2D eigenvalue weighted by Gasteiger charge is 2.12. The van der Waals surface area contributed by atoms with Gasteiger partial charge in [0.05, 0.1) is 17.3 Å². The molecule has 1 heterocycles. The number of hydrogen-bond donors (Lipinski definition) is 1. The lowest BCUT2D eigenvalue weighted by molar-refractivity contribution is 0.537. The van der Waals surface area contributed by atoms with E-state index < -0.39 is 0 Å². The number of benzene rings is 1. The second kappa shape index (κ2) is 6.08. The molecule has 19 heavy (non-hydrogen) atoms. The number of hydrogen-bond acceptors (Lipinski definition) is 4. The molecule has 0 atom stereocenters. The van der Waals surface area contributed by atoms with E-state index in [9.17, 15) is 4.39 Å². The first kappa shape index (κ1) is 13.9. The molecule has 0 fully saturated rings. The van der Waals surface area contributed by atoms with Crippen molar-refractivity contribution in [2.75, 3.05) is 6.54 Å². The van der Waals surface area contributed by atoms with E-state index in [4.69, 9.17) is 11.6 Å². The minimum atomic E-state index is -0.379. The van der Waals surface area contributed by atoms with E-state index in [0.717, 1.165) is 6.54 Å². The summed E-state index contributed by atoms with van der Waals surface area (Å²) in [5, 5.41) is 15.0. The first-order valence-corrected chi connectivity index (χ1v) is 6.39. The van der Waals surface area contributed by atoms with Crippen LogP contribution in [-0.4, -0.2) is 26.8 Å². The topological polar surface area (TPSA) is 55.6 Å². The normalized spacial score (nSPS) is 11.2. The van der Waals surface area contributed by atoms with Crippen LogP contribution in [0.3, 0.4) is 0 Å². The fraction of sp³-hybridized carbons (Fsp3) is 0.417. The maximum absolute atomic E-state index is 13.3.